The van der Waals surface area contributed by atoms with Gasteiger partial charge in [0.05, 0.1) is 24.9 Å². The van der Waals surface area contributed by atoms with Crippen molar-refractivity contribution in [2.75, 3.05) is 6.61 Å². The molecule has 7 nitrogen and oxygen atoms in total. The van der Waals surface area contributed by atoms with Crippen molar-refractivity contribution in [2.24, 2.45) is 0 Å². The lowest BCUT2D eigenvalue weighted by Gasteiger charge is -2.35. The van der Waals surface area contributed by atoms with E-state index in [0.717, 1.165) is 0 Å². The number of hydrogen-bond acceptors (Lipinski definition) is 5. The zero-order chi connectivity index (χ0) is 10.7. The van der Waals surface area contributed by atoms with E-state index in [1.165, 1.54) is 0 Å². The first-order valence-electron chi connectivity index (χ1n) is 4.04. The normalized spacial score (nSPS) is 40.9. The van der Waals surface area contributed by atoms with Crippen LogP contribution < -0.4 is 4.72 Å². The molecule has 0 aliphatic carbocycles. The zero-order valence-electron chi connectivity index (χ0n) is 7.24. The van der Waals surface area contributed by atoms with Gasteiger partial charge in [-0.1, -0.05) is 0 Å². The highest BCUT2D eigenvalue weighted by Gasteiger charge is 2.37. The van der Waals surface area contributed by atoms with Crippen LogP contribution >= 0.6 is 0 Å². The molecule has 1 rings (SSSR count). The van der Waals surface area contributed by atoms with Crippen molar-refractivity contribution in [3.63, 3.8) is 0 Å². The fraction of sp³-hybridized carbons (Fsp3) is 1.00. The summed E-state index contributed by atoms with van der Waals surface area (Å²) in [7, 11) is 0. The van der Waals surface area contributed by atoms with Crippen LogP contribution in [0.2, 0.25) is 0 Å². The molecule has 1 aliphatic heterocycles. The van der Waals surface area contributed by atoms with Crippen LogP contribution in [0.5, 0.6) is 0 Å². The predicted molar refractivity (Wildman–Crippen MR) is 46.3 cm³/mol. The number of rotatable bonds is 3. The van der Waals surface area contributed by atoms with E-state index in [0.29, 0.717) is 0 Å². The van der Waals surface area contributed by atoms with E-state index in [1.54, 1.807) is 0 Å². The summed E-state index contributed by atoms with van der Waals surface area (Å²) in [4.78, 5) is 0. The summed E-state index contributed by atoms with van der Waals surface area (Å²) in [6, 6.07) is -1.02. The van der Waals surface area contributed by atoms with Crippen molar-refractivity contribution in [2.45, 2.75) is 31.0 Å². The third kappa shape index (κ3) is 2.95. The van der Waals surface area contributed by atoms with Crippen LogP contribution in [0.25, 0.3) is 0 Å². The Labute approximate surface area is 83.1 Å². The molecule has 0 radical (unpaired) electrons. The zero-order valence-corrected chi connectivity index (χ0v) is 8.05. The van der Waals surface area contributed by atoms with E-state index in [1.807, 2.05) is 4.72 Å². The van der Waals surface area contributed by atoms with Crippen LogP contribution in [0.3, 0.4) is 0 Å². The fourth-order valence-electron chi connectivity index (χ4n) is 1.31. The van der Waals surface area contributed by atoms with E-state index in [-0.39, 0.29) is 13.0 Å². The lowest BCUT2D eigenvalue weighted by Crippen LogP contribution is -2.56. The summed E-state index contributed by atoms with van der Waals surface area (Å²) in [5, 5.41) is 27.4. The monoisotopic (exact) mass is 227 g/mol. The molecular weight excluding hydrogens is 214 g/mol. The van der Waals surface area contributed by atoms with Crippen molar-refractivity contribution in [3.05, 3.63) is 0 Å². The van der Waals surface area contributed by atoms with Crippen molar-refractivity contribution in [1.82, 2.24) is 4.72 Å². The molecule has 5 atom stereocenters. The van der Waals surface area contributed by atoms with E-state index in [9.17, 15) is 14.4 Å². The second kappa shape index (κ2) is 5.12. The average Bonchev–Trinajstić information content (AvgIpc) is 2.10. The van der Waals surface area contributed by atoms with E-state index < -0.39 is 35.8 Å². The number of hydrogen-bond donors (Lipinski definition) is 5. The molecule has 0 spiro atoms. The molecule has 5 N–H and O–H groups in total. The maximum absolute atomic E-state index is 10.4. The Balaban J connectivity index is 2.55. The van der Waals surface area contributed by atoms with Crippen LogP contribution in [-0.2, 0) is 16.0 Å². The van der Waals surface area contributed by atoms with Crippen molar-refractivity contribution in [3.8, 4) is 0 Å². The van der Waals surface area contributed by atoms with Gasteiger partial charge >= 0.3 is 0 Å². The van der Waals surface area contributed by atoms with Gasteiger partial charge in [0, 0.05) is 6.42 Å². The summed E-state index contributed by atoms with van der Waals surface area (Å²) in [5.74, 6) is 0. The molecule has 1 heterocycles. The number of ether oxygens (including phenoxy) is 1. The first-order chi connectivity index (χ1) is 6.54. The highest BCUT2D eigenvalue weighted by atomic mass is 32.2. The summed E-state index contributed by atoms with van der Waals surface area (Å²) >= 11 is -2.33. The SMILES string of the molecule is O=S(O)NC1[C@H](O)CC(CO)O[C@H]1O. The first kappa shape index (κ1) is 12.0. The van der Waals surface area contributed by atoms with Gasteiger partial charge in [0.15, 0.2) is 6.29 Å². The Morgan fingerprint density at radius 1 is 1.50 bits per heavy atom. The van der Waals surface area contributed by atoms with Gasteiger partial charge in [-0.2, -0.15) is 0 Å². The molecule has 1 aliphatic rings. The van der Waals surface area contributed by atoms with Crippen molar-refractivity contribution >= 4 is 11.3 Å². The Morgan fingerprint density at radius 3 is 2.57 bits per heavy atom. The summed E-state index contributed by atoms with van der Waals surface area (Å²) in [5.41, 5.74) is 0. The molecule has 1 saturated heterocycles. The number of aliphatic hydroxyl groups is 3. The highest BCUT2D eigenvalue weighted by Crippen LogP contribution is 2.18. The second-order valence-electron chi connectivity index (χ2n) is 3.03. The van der Waals surface area contributed by atoms with Gasteiger partial charge in [-0.25, -0.2) is 8.93 Å². The smallest absolute Gasteiger partial charge is 0.232 e. The van der Waals surface area contributed by atoms with Crippen LogP contribution in [0, 0.1) is 0 Å². The van der Waals surface area contributed by atoms with Gasteiger partial charge in [0.2, 0.25) is 11.3 Å². The molecule has 0 amide bonds. The second-order valence-corrected chi connectivity index (χ2v) is 3.76. The topological polar surface area (TPSA) is 119 Å². The number of nitrogens with one attached hydrogen (secondary N) is 1. The van der Waals surface area contributed by atoms with Gasteiger partial charge in [-0.15, -0.1) is 0 Å². The third-order valence-electron chi connectivity index (χ3n) is 2.00. The van der Waals surface area contributed by atoms with Crippen LogP contribution in [0.15, 0.2) is 0 Å². The van der Waals surface area contributed by atoms with Gasteiger partial charge in [0.1, 0.15) is 0 Å². The van der Waals surface area contributed by atoms with E-state index in [2.05, 4.69) is 0 Å². The average molecular weight is 227 g/mol. The van der Waals surface area contributed by atoms with Crippen LogP contribution in [-0.4, -0.2) is 55.2 Å². The fourth-order valence-corrected chi connectivity index (χ4v) is 1.82. The lowest BCUT2D eigenvalue weighted by atomic mass is 10.0. The molecule has 14 heavy (non-hydrogen) atoms. The molecule has 0 aromatic carbocycles. The highest BCUT2D eigenvalue weighted by molar-refractivity contribution is 7.77. The number of aliphatic hydroxyl groups excluding tert-OH is 3. The van der Waals surface area contributed by atoms with Crippen molar-refractivity contribution in [1.29, 1.82) is 0 Å². The molecule has 3 unspecified atom stereocenters. The van der Waals surface area contributed by atoms with Gasteiger partial charge < -0.3 is 20.1 Å². The first-order valence-corrected chi connectivity index (χ1v) is 5.14. The summed E-state index contributed by atoms with van der Waals surface area (Å²) < 4.78 is 25.8. The molecule has 0 bridgehead atoms. The minimum Gasteiger partial charge on any atom is -0.394 e. The quantitative estimate of drug-likeness (QED) is 0.341. The minimum atomic E-state index is -2.33. The summed E-state index contributed by atoms with van der Waals surface area (Å²) in [6.45, 7) is -0.316. The molecule has 8 heteroatoms. The van der Waals surface area contributed by atoms with Crippen molar-refractivity contribution < 1.29 is 28.8 Å². The maximum Gasteiger partial charge on any atom is 0.232 e. The molecule has 1 fully saturated rings. The third-order valence-corrected chi connectivity index (χ3v) is 2.47. The maximum atomic E-state index is 10.4. The Morgan fingerprint density at radius 2 is 2.14 bits per heavy atom. The lowest BCUT2D eigenvalue weighted by molar-refractivity contribution is -0.210. The Bertz CT molecular complexity index is 202. The molecule has 0 aromatic heterocycles. The standard InChI is InChI=1S/C6H13NO6S/c8-2-3-1-4(9)5(6(10)13-3)7-14(11)12/h3-10H,1-2H2,(H,11,12)/t3?,4-,5?,6-/m1/s1. The van der Waals surface area contributed by atoms with Crippen LogP contribution in [0.4, 0.5) is 0 Å². The predicted octanol–water partition coefficient (Wildman–Crippen LogP) is -2.46. The van der Waals surface area contributed by atoms with Gasteiger partial charge in [0.25, 0.3) is 0 Å². The van der Waals surface area contributed by atoms with E-state index in [4.69, 9.17) is 14.4 Å². The Kier molecular flexibility index (Phi) is 4.38. The molecule has 84 valence electrons. The van der Waals surface area contributed by atoms with Gasteiger partial charge in [-0.3, -0.25) is 4.55 Å². The summed E-state index contributed by atoms with van der Waals surface area (Å²) in [6.07, 6.45) is -2.99. The molecule has 0 aromatic rings. The van der Waals surface area contributed by atoms with E-state index >= 15 is 0 Å². The van der Waals surface area contributed by atoms with Gasteiger partial charge in [-0.05, 0) is 0 Å². The minimum absolute atomic E-state index is 0.0996. The molecular formula is C6H13NO6S. The van der Waals surface area contributed by atoms with Crippen LogP contribution in [0.1, 0.15) is 6.42 Å². The molecule has 0 saturated carbocycles. The Hall–Kier alpha value is -0.0900. The largest absolute Gasteiger partial charge is 0.394 e.